The Balaban J connectivity index is 0.748. The number of imide groups is 1. The first-order chi connectivity index (χ1) is 28.8. The number of anilines is 2. The molecule has 0 bridgehead atoms. The van der Waals surface area contributed by atoms with Gasteiger partial charge in [-0.3, -0.25) is 29.5 Å². The molecule has 59 heavy (non-hydrogen) atoms. The predicted octanol–water partition coefficient (Wildman–Crippen LogP) is 5.58. The standard InChI is InChI=1S/C44H46BrFN10O3/c45-33-23-28(22-30-27-55(44(59)42(30)33)36-9-12-41(57)49-43(36)58)26-51-16-13-32(14-17-51)52-18-20-53(21-19-52)39-8-2-6-34(48-39)37-25-47-38-10-11-40(50-56(37)38)54-15-3-7-35(54)29-4-1-5-31(46)24-29/h1-2,4-6,8,10-11,22-25,32,35-36H,3,7,9,12-21,26-27H2,(H,49,57,58)/t35-,36?/m1/s1. The molecule has 5 aliphatic heterocycles. The number of benzene rings is 2. The van der Waals surface area contributed by atoms with E-state index >= 15 is 0 Å². The van der Waals surface area contributed by atoms with Crippen molar-refractivity contribution in [3.05, 3.63) is 105 Å². The highest BCUT2D eigenvalue weighted by atomic mass is 79.9. The van der Waals surface area contributed by atoms with Crippen molar-refractivity contribution in [1.82, 2.24) is 39.6 Å². The van der Waals surface area contributed by atoms with Gasteiger partial charge in [0.05, 0.1) is 23.5 Å². The van der Waals surface area contributed by atoms with Gasteiger partial charge < -0.3 is 14.7 Å². The van der Waals surface area contributed by atoms with Crippen LogP contribution < -0.4 is 15.1 Å². The molecule has 13 nitrogen and oxygen atoms in total. The number of piperidine rings is 2. The van der Waals surface area contributed by atoms with E-state index in [1.165, 1.54) is 6.07 Å². The molecular weight excluding hydrogens is 815 g/mol. The quantitative estimate of drug-likeness (QED) is 0.198. The highest BCUT2D eigenvalue weighted by molar-refractivity contribution is 9.10. The number of carbonyl (C=O) groups excluding carboxylic acids is 3. The molecule has 3 amide bonds. The van der Waals surface area contributed by atoms with Gasteiger partial charge >= 0.3 is 0 Å². The number of piperazine rings is 1. The molecule has 0 radical (unpaired) electrons. The highest BCUT2D eigenvalue weighted by Gasteiger charge is 2.40. The molecule has 15 heteroatoms. The molecule has 8 heterocycles. The van der Waals surface area contributed by atoms with E-state index in [-0.39, 0.29) is 30.1 Å². The van der Waals surface area contributed by atoms with Crippen LogP contribution in [-0.2, 0) is 22.7 Å². The molecule has 0 saturated carbocycles. The lowest BCUT2D eigenvalue weighted by Crippen LogP contribution is -2.53. The summed E-state index contributed by atoms with van der Waals surface area (Å²) in [7, 11) is 0. The third-order valence-corrected chi connectivity index (χ3v) is 13.5. The first kappa shape index (κ1) is 38.0. The van der Waals surface area contributed by atoms with Crippen molar-refractivity contribution in [3.8, 4) is 11.4 Å². The lowest BCUT2D eigenvalue weighted by Gasteiger charge is -2.43. The molecule has 0 aliphatic carbocycles. The summed E-state index contributed by atoms with van der Waals surface area (Å²) in [6.45, 7) is 7.81. The molecule has 0 spiro atoms. The lowest BCUT2D eigenvalue weighted by atomic mass is 10.0. The van der Waals surface area contributed by atoms with Gasteiger partial charge in [-0.25, -0.2) is 18.9 Å². The number of hydrogen-bond donors (Lipinski definition) is 1. The molecule has 3 aromatic heterocycles. The highest BCUT2D eigenvalue weighted by Crippen LogP contribution is 2.37. The lowest BCUT2D eigenvalue weighted by molar-refractivity contribution is -0.136. The minimum Gasteiger partial charge on any atom is -0.354 e. The van der Waals surface area contributed by atoms with Crippen molar-refractivity contribution in [1.29, 1.82) is 0 Å². The van der Waals surface area contributed by atoms with E-state index in [4.69, 9.17) is 10.1 Å². The Bertz CT molecular complexity index is 2440. The van der Waals surface area contributed by atoms with Crippen LogP contribution >= 0.6 is 15.9 Å². The van der Waals surface area contributed by atoms with Crippen LogP contribution in [0.5, 0.6) is 0 Å². The van der Waals surface area contributed by atoms with Crippen LogP contribution in [0.15, 0.2) is 77.4 Å². The number of aromatic nitrogens is 4. The van der Waals surface area contributed by atoms with E-state index in [0.717, 1.165) is 128 Å². The largest absolute Gasteiger partial charge is 0.354 e. The fraction of sp³-hybridized carbons (Fsp3) is 0.409. The van der Waals surface area contributed by atoms with E-state index in [2.05, 4.69) is 64.0 Å². The number of carbonyl (C=O) groups is 3. The van der Waals surface area contributed by atoms with Gasteiger partial charge in [0.15, 0.2) is 5.65 Å². The van der Waals surface area contributed by atoms with E-state index < -0.39 is 11.9 Å². The van der Waals surface area contributed by atoms with Crippen molar-refractivity contribution in [2.24, 2.45) is 0 Å². The van der Waals surface area contributed by atoms with Gasteiger partial charge in [0.25, 0.3) is 5.91 Å². The molecule has 4 saturated heterocycles. The smallest absolute Gasteiger partial charge is 0.256 e. The maximum atomic E-state index is 14.1. The molecule has 1 N–H and O–H groups in total. The zero-order valence-electron chi connectivity index (χ0n) is 32.8. The number of imidazole rings is 1. The van der Waals surface area contributed by atoms with Crippen LogP contribution in [0.1, 0.15) is 71.6 Å². The van der Waals surface area contributed by atoms with Crippen molar-refractivity contribution in [2.75, 3.05) is 55.6 Å². The minimum atomic E-state index is -0.620. The Kier molecular flexibility index (Phi) is 10.1. The van der Waals surface area contributed by atoms with Gasteiger partial charge in [-0.1, -0.05) is 24.3 Å². The summed E-state index contributed by atoms with van der Waals surface area (Å²) in [5, 5.41) is 7.44. The van der Waals surface area contributed by atoms with Gasteiger partial charge in [-0.05, 0) is 120 Å². The molecule has 304 valence electrons. The van der Waals surface area contributed by atoms with Crippen LogP contribution in [0.3, 0.4) is 0 Å². The summed E-state index contributed by atoms with van der Waals surface area (Å²) in [4.78, 5) is 58.7. The second kappa shape index (κ2) is 15.7. The number of amides is 3. The molecule has 4 fully saturated rings. The summed E-state index contributed by atoms with van der Waals surface area (Å²) in [6.07, 6.45) is 6.62. The summed E-state index contributed by atoms with van der Waals surface area (Å²) in [6, 6.07) is 21.2. The Morgan fingerprint density at radius 2 is 1.64 bits per heavy atom. The molecule has 2 aromatic carbocycles. The van der Waals surface area contributed by atoms with Crippen molar-refractivity contribution in [3.63, 3.8) is 0 Å². The average Bonchev–Trinajstić information content (AvgIpc) is 3.99. The van der Waals surface area contributed by atoms with Crippen LogP contribution in [0.25, 0.3) is 17.0 Å². The molecule has 1 unspecified atom stereocenters. The summed E-state index contributed by atoms with van der Waals surface area (Å²) in [5.41, 5.74) is 6.09. The second-order valence-electron chi connectivity index (χ2n) is 16.4. The van der Waals surface area contributed by atoms with Crippen LogP contribution in [0.2, 0.25) is 0 Å². The third-order valence-electron chi connectivity index (χ3n) is 12.9. The molecule has 10 rings (SSSR count). The van der Waals surface area contributed by atoms with Gasteiger partial charge in [0, 0.05) is 62.7 Å². The predicted molar refractivity (Wildman–Crippen MR) is 224 cm³/mol. The van der Waals surface area contributed by atoms with Crippen LogP contribution in [0, 0.1) is 5.82 Å². The second-order valence-corrected chi connectivity index (χ2v) is 17.3. The average molecular weight is 862 g/mol. The fourth-order valence-corrected chi connectivity index (χ4v) is 10.6. The number of fused-ring (bicyclic) bond motifs is 2. The number of nitrogens with one attached hydrogen (secondary N) is 1. The summed E-state index contributed by atoms with van der Waals surface area (Å²) in [5.74, 6) is 0.747. The third kappa shape index (κ3) is 7.37. The van der Waals surface area contributed by atoms with E-state index in [1.807, 2.05) is 41.0 Å². The van der Waals surface area contributed by atoms with Crippen molar-refractivity contribution < 1.29 is 18.8 Å². The zero-order valence-corrected chi connectivity index (χ0v) is 34.4. The first-order valence-electron chi connectivity index (χ1n) is 20.8. The number of pyridine rings is 1. The summed E-state index contributed by atoms with van der Waals surface area (Å²) < 4.78 is 16.8. The molecule has 5 aromatic rings. The van der Waals surface area contributed by atoms with E-state index in [0.29, 0.717) is 24.6 Å². The maximum Gasteiger partial charge on any atom is 0.256 e. The SMILES string of the molecule is O=C1CCC(N2Cc3cc(CN4CCC(N5CCN(c6cccc(-c7cnc8ccc(N9CCC[C@@H]9c9cccc(F)c9)nn78)n6)CC5)CC4)cc(Br)c3C2=O)C(=O)N1. The zero-order chi connectivity index (χ0) is 40.2. The first-order valence-corrected chi connectivity index (χ1v) is 21.6. The molecule has 5 aliphatic rings. The topological polar surface area (TPSA) is 123 Å². The number of rotatable bonds is 8. The Morgan fingerprint density at radius 3 is 2.46 bits per heavy atom. The maximum absolute atomic E-state index is 14.1. The van der Waals surface area contributed by atoms with Gasteiger partial charge in [-0.2, -0.15) is 0 Å². The number of nitrogens with zero attached hydrogens (tertiary/aromatic N) is 9. The van der Waals surface area contributed by atoms with Crippen LogP contribution in [0.4, 0.5) is 16.0 Å². The van der Waals surface area contributed by atoms with Gasteiger partial charge in [-0.15, -0.1) is 5.10 Å². The monoisotopic (exact) mass is 860 g/mol. The number of hydrogen-bond acceptors (Lipinski definition) is 10. The van der Waals surface area contributed by atoms with Crippen LogP contribution in [-0.4, -0.2) is 110 Å². The van der Waals surface area contributed by atoms with Gasteiger partial charge in [0.2, 0.25) is 11.8 Å². The van der Waals surface area contributed by atoms with E-state index in [9.17, 15) is 18.8 Å². The molecule has 2 atom stereocenters. The van der Waals surface area contributed by atoms with Crippen molar-refractivity contribution >= 4 is 50.9 Å². The number of halogens is 2. The minimum absolute atomic E-state index is 0.0745. The Labute approximate surface area is 350 Å². The normalized spacial score (nSPS) is 22.1. The van der Waals surface area contributed by atoms with Gasteiger partial charge in [0.1, 0.15) is 29.2 Å². The summed E-state index contributed by atoms with van der Waals surface area (Å²) >= 11 is 3.66. The Morgan fingerprint density at radius 1 is 0.814 bits per heavy atom. The number of likely N-dealkylation sites (tertiary alicyclic amines) is 1. The fourth-order valence-electron chi connectivity index (χ4n) is 9.86. The van der Waals surface area contributed by atoms with Crippen molar-refractivity contribution in [2.45, 2.75) is 69.7 Å². The van der Waals surface area contributed by atoms with E-state index in [1.54, 1.807) is 17.0 Å². The molecular formula is C44H46BrFN10O3. The Hall–Kier alpha value is -5.25.